The van der Waals surface area contributed by atoms with E-state index in [9.17, 15) is 4.79 Å². The number of benzene rings is 1. The fourth-order valence-corrected chi connectivity index (χ4v) is 5.91. The first-order valence-electron chi connectivity index (χ1n) is 7.36. The third-order valence-corrected chi connectivity index (χ3v) is 6.67. The lowest BCUT2D eigenvalue weighted by Gasteiger charge is -2.33. The predicted molar refractivity (Wildman–Crippen MR) is 86.2 cm³/mol. The quantitative estimate of drug-likeness (QED) is 0.852. The molecule has 0 spiro atoms. The van der Waals surface area contributed by atoms with Gasteiger partial charge in [-0.2, -0.15) is 0 Å². The average Bonchev–Trinajstić information content (AvgIpc) is 3.05. The Balaban J connectivity index is 2.24. The lowest BCUT2D eigenvalue weighted by Crippen LogP contribution is -2.44. The fourth-order valence-electron chi connectivity index (χ4n) is 3.84. The number of rotatable bonds is 3. The lowest BCUT2D eigenvalue weighted by molar-refractivity contribution is -0.122. The minimum atomic E-state index is -1.06. The standard InChI is InChI=1S/C17H21NOSi/c1-20(2)15-10-5-11-17(15,16(18)19)14-9-4-7-12-6-3-8-13(12)14/h3-4,7-10,20H,5-6,11H2,1-2H3,(H2,18,19). The Hall–Kier alpha value is -1.61. The number of hydrogen-bond donors (Lipinski definition) is 1. The SMILES string of the molecule is C[SiH](C)C1=CCCC1(C(N)=O)c1cccc2c1C=CC2. The van der Waals surface area contributed by atoms with Crippen molar-refractivity contribution in [2.45, 2.75) is 37.8 Å². The molecule has 0 aromatic heterocycles. The first-order valence-corrected chi connectivity index (χ1v) is 10.3. The van der Waals surface area contributed by atoms with Crippen LogP contribution >= 0.6 is 0 Å². The maximum atomic E-state index is 12.4. The van der Waals surface area contributed by atoms with E-state index in [0.717, 1.165) is 24.8 Å². The van der Waals surface area contributed by atoms with Crippen molar-refractivity contribution in [1.29, 1.82) is 0 Å². The van der Waals surface area contributed by atoms with Gasteiger partial charge in [0.15, 0.2) is 0 Å². The van der Waals surface area contributed by atoms with Crippen molar-refractivity contribution >= 4 is 20.8 Å². The van der Waals surface area contributed by atoms with Crippen molar-refractivity contribution in [3.63, 3.8) is 0 Å². The van der Waals surface area contributed by atoms with Crippen molar-refractivity contribution in [2.75, 3.05) is 0 Å². The first kappa shape index (κ1) is 13.4. The summed E-state index contributed by atoms with van der Waals surface area (Å²) in [5.41, 5.74) is 9.05. The molecule has 2 aliphatic carbocycles. The minimum absolute atomic E-state index is 0.170. The van der Waals surface area contributed by atoms with E-state index in [0.29, 0.717) is 0 Å². The van der Waals surface area contributed by atoms with Crippen LogP contribution in [-0.2, 0) is 16.6 Å². The van der Waals surface area contributed by atoms with Crippen molar-refractivity contribution in [3.8, 4) is 0 Å². The summed E-state index contributed by atoms with van der Waals surface area (Å²) in [4.78, 5) is 12.4. The van der Waals surface area contributed by atoms with Crippen molar-refractivity contribution in [3.05, 3.63) is 52.2 Å². The summed E-state index contributed by atoms with van der Waals surface area (Å²) in [5.74, 6) is -0.170. The molecule has 1 aromatic carbocycles. The fraction of sp³-hybridized carbons (Fsp3) is 0.353. The molecule has 0 radical (unpaired) electrons. The van der Waals surface area contributed by atoms with Gasteiger partial charge in [0, 0.05) is 0 Å². The lowest BCUT2D eigenvalue weighted by atomic mass is 9.76. The van der Waals surface area contributed by atoms with Gasteiger partial charge in [-0.05, 0) is 36.0 Å². The van der Waals surface area contributed by atoms with Gasteiger partial charge in [0.2, 0.25) is 5.91 Å². The molecule has 0 saturated carbocycles. The monoisotopic (exact) mass is 283 g/mol. The molecule has 20 heavy (non-hydrogen) atoms. The van der Waals surface area contributed by atoms with E-state index in [1.807, 2.05) is 0 Å². The van der Waals surface area contributed by atoms with Gasteiger partial charge in [-0.15, -0.1) is 0 Å². The number of nitrogens with two attached hydrogens (primary N) is 1. The predicted octanol–water partition coefficient (Wildman–Crippen LogP) is 2.73. The van der Waals surface area contributed by atoms with Crippen LogP contribution in [0.1, 0.15) is 29.5 Å². The normalized spacial score (nSPS) is 24.1. The van der Waals surface area contributed by atoms with Gasteiger partial charge in [0.1, 0.15) is 0 Å². The number of carbonyl (C=O) groups excluding carboxylic acids is 1. The second-order valence-electron chi connectivity index (χ2n) is 6.11. The van der Waals surface area contributed by atoms with Crippen LogP contribution < -0.4 is 5.73 Å². The molecule has 1 aromatic rings. The molecular formula is C17H21NOSi. The zero-order valence-electron chi connectivity index (χ0n) is 12.1. The third kappa shape index (κ3) is 1.73. The van der Waals surface area contributed by atoms with E-state index in [4.69, 9.17) is 5.73 Å². The Labute approximate surface area is 122 Å². The molecule has 2 nitrogen and oxygen atoms in total. The van der Waals surface area contributed by atoms with Gasteiger partial charge in [-0.25, -0.2) is 0 Å². The van der Waals surface area contributed by atoms with Crippen LogP contribution in [0.3, 0.4) is 0 Å². The molecule has 2 N–H and O–H groups in total. The van der Waals surface area contributed by atoms with Gasteiger partial charge in [-0.1, -0.05) is 54.7 Å². The Morgan fingerprint density at radius 2 is 2.15 bits per heavy atom. The maximum absolute atomic E-state index is 12.4. The summed E-state index contributed by atoms with van der Waals surface area (Å²) in [5, 5.41) is 1.33. The minimum Gasteiger partial charge on any atom is -0.369 e. The second kappa shape index (κ2) is 4.74. The zero-order valence-corrected chi connectivity index (χ0v) is 13.3. The van der Waals surface area contributed by atoms with E-state index in [1.54, 1.807) is 0 Å². The molecule has 1 amide bonds. The van der Waals surface area contributed by atoms with Crippen LogP contribution in [0, 0.1) is 0 Å². The highest BCUT2D eigenvalue weighted by molar-refractivity contribution is 6.65. The van der Waals surface area contributed by atoms with Gasteiger partial charge in [0.25, 0.3) is 0 Å². The largest absolute Gasteiger partial charge is 0.369 e. The van der Waals surface area contributed by atoms with Crippen LogP contribution in [0.2, 0.25) is 13.1 Å². The third-order valence-electron chi connectivity index (χ3n) is 4.70. The Morgan fingerprint density at radius 3 is 2.85 bits per heavy atom. The highest BCUT2D eigenvalue weighted by atomic mass is 28.3. The second-order valence-corrected chi connectivity index (χ2v) is 9.04. The molecule has 1 atom stereocenters. The molecule has 3 rings (SSSR count). The Bertz CT molecular complexity index is 630. The zero-order chi connectivity index (χ0) is 14.3. The number of primary amides is 1. The molecule has 0 saturated heterocycles. The number of amides is 1. The number of fused-ring (bicyclic) bond motifs is 1. The molecular weight excluding hydrogens is 262 g/mol. The van der Waals surface area contributed by atoms with Gasteiger partial charge < -0.3 is 5.73 Å². The summed E-state index contributed by atoms with van der Waals surface area (Å²) < 4.78 is 0. The van der Waals surface area contributed by atoms with E-state index in [-0.39, 0.29) is 5.91 Å². The Morgan fingerprint density at radius 1 is 1.35 bits per heavy atom. The molecule has 1 unspecified atom stereocenters. The van der Waals surface area contributed by atoms with Crippen molar-refractivity contribution in [2.24, 2.45) is 5.73 Å². The highest BCUT2D eigenvalue weighted by Gasteiger charge is 2.46. The number of allylic oxidation sites excluding steroid dienone is 2. The molecule has 0 heterocycles. The first-order chi connectivity index (χ1) is 9.57. The van der Waals surface area contributed by atoms with Crippen LogP contribution in [0.15, 0.2) is 35.5 Å². The molecule has 3 heteroatoms. The van der Waals surface area contributed by atoms with E-state index < -0.39 is 14.2 Å². The summed E-state index contributed by atoms with van der Waals surface area (Å²) in [7, 11) is -1.06. The molecule has 0 bridgehead atoms. The molecule has 2 aliphatic rings. The van der Waals surface area contributed by atoms with Crippen LogP contribution in [0.5, 0.6) is 0 Å². The van der Waals surface area contributed by atoms with Gasteiger partial charge >= 0.3 is 0 Å². The summed E-state index contributed by atoms with van der Waals surface area (Å²) in [6, 6.07) is 6.33. The van der Waals surface area contributed by atoms with Crippen molar-refractivity contribution < 1.29 is 4.79 Å². The van der Waals surface area contributed by atoms with Gasteiger partial charge in [-0.3, -0.25) is 4.79 Å². The summed E-state index contributed by atoms with van der Waals surface area (Å²) >= 11 is 0. The van der Waals surface area contributed by atoms with E-state index >= 15 is 0 Å². The summed E-state index contributed by atoms with van der Waals surface area (Å²) in [6.07, 6.45) is 9.39. The average molecular weight is 283 g/mol. The Kier molecular flexibility index (Phi) is 3.17. The van der Waals surface area contributed by atoms with Crippen LogP contribution in [0.4, 0.5) is 0 Å². The van der Waals surface area contributed by atoms with Crippen LogP contribution in [-0.4, -0.2) is 14.7 Å². The number of carbonyl (C=O) groups is 1. The molecule has 0 fully saturated rings. The smallest absolute Gasteiger partial charge is 0.231 e. The number of hydrogen-bond acceptors (Lipinski definition) is 1. The molecule has 104 valence electrons. The van der Waals surface area contributed by atoms with E-state index in [2.05, 4.69) is 49.5 Å². The maximum Gasteiger partial charge on any atom is 0.231 e. The summed E-state index contributed by atoms with van der Waals surface area (Å²) in [6.45, 7) is 4.57. The van der Waals surface area contributed by atoms with Crippen molar-refractivity contribution in [1.82, 2.24) is 0 Å². The molecule has 0 aliphatic heterocycles. The van der Waals surface area contributed by atoms with Gasteiger partial charge in [0.05, 0.1) is 14.2 Å². The topological polar surface area (TPSA) is 43.1 Å². The van der Waals surface area contributed by atoms with Crippen LogP contribution in [0.25, 0.3) is 6.08 Å². The highest BCUT2D eigenvalue weighted by Crippen LogP contribution is 2.45. The van der Waals surface area contributed by atoms with E-state index in [1.165, 1.54) is 16.3 Å².